The van der Waals surface area contributed by atoms with E-state index in [2.05, 4.69) is 4.72 Å². The van der Waals surface area contributed by atoms with Gasteiger partial charge in [-0.3, -0.25) is 4.72 Å². The molecule has 0 atom stereocenters. The number of benzene rings is 2. The van der Waals surface area contributed by atoms with E-state index in [0.29, 0.717) is 0 Å². The third-order valence-corrected chi connectivity index (χ3v) is 4.91. The molecule has 0 aliphatic heterocycles. The Morgan fingerprint density at radius 1 is 1.17 bits per heavy atom. The standard InChI is InChI=1S/C15H13Cl2NO4S/c1-2-22-15(19)10-4-3-5-12(8-10)18-23(20,21)14-9-11(16)6-7-13(14)17/h3-9,18H,2H2,1H3. The average molecular weight is 374 g/mol. The molecule has 1 N–H and O–H groups in total. The molecule has 0 bridgehead atoms. The summed E-state index contributed by atoms with van der Waals surface area (Å²) >= 11 is 11.7. The third-order valence-electron chi connectivity index (χ3n) is 2.81. The highest BCUT2D eigenvalue weighted by atomic mass is 35.5. The molecule has 0 saturated carbocycles. The van der Waals surface area contributed by atoms with Gasteiger partial charge in [0.1, 0.15) is 4.90 Å². The predicted octanol–water partition coefficient (Wildman–Crippen LogP) is 3.97. The number of nitrogens with one attached hydrogen (secondary N) is 1. The number of rotatable bonds is 5. The van der Waals surface area contributed by atoms with E-state index in [1.165, 1.54) is 36.4 Å². The Balaban J connectivity index is 2.32. The van der Waals surface area contributed by atoms with Crippen LogP contribution in [0.5, 0.6) is 0 Å². The van der Waals surface area contributed by atoms with Gasteiger partial charge in [-0.1, -0.05) is 29.3 Å². The first kappa shape index (κ1) is 17.6. The first-order valence-corrected chi connectivity index (χ1v) is 8.82. The lowest BCUT2D eigenvalue weighted by Crippen LogP contribution is -2.14. The zero-order valence-corrected chi connectivity index (χ0v) is 14.4. The van der Waals surface area contributed by atoms with Crippen LogP contribution in [0.25, 0.3) is 0 Å². The Morgan fingerprint density at radius 2 is 1.91 bits per heavy atom. The quantitative estimate of drug-likeness (QED) is 0.804. The molecule has 0 amide bonds. The van der Waals surface area contributed by atoms with Crippen molar-refractivity contribution in [2.24, 2.45) is 0 Å². The van der Waals surface area contributed by atoms with Gasteiger partial charge in [0.25, 0.3) is 10.0 Å². The Labute approximate surface area is 144 Å². The molecule has 0 unspecified atom stereocenters. The average Bonchev–Trinajstić information content (AvgIpc) is 2.49. The van der Waals surface area contributed by atoms with Crippen molar-refractivity contribution in [3.63, 3.8) is 0 Å². The van der Waals surface area contributed by atoms with Crippen LogP contribution in [-0.2, 0) is 14.8 Å². The van der Waals surface area contributed by atoms with E-state index >= 15 is 0 Å². The smallest absolute Gasteiger partial charge is 0.338 e. The van der Waals surface area contributed by atoms with E-state index in [1.54, 1.807) is 13.0 Å². The molecule has 2 rings (SSSR count). The van der Waals surface area contributed by atoms with Crippen molar-refractivity contribution in [3.05, 3.63) is 58.1 Å². The summed E-state index contributed by atoms with van der Waals surface area (Å²) in [6, 6.07) is 10.1. The van der Waals surface area contributed by atoms with Gasteiger partial charge in [-0.2, -0.15) is 0 Å². The molecule has 0 aliphatic rings. The summed E-state index contributed by atoms with van der Waals surface area (Å²) in [6.45, 7) is 1.92. The summed E-state index contributed by atoms with van der Waals surface area (Å²) in [6.07, 6.45) is 0. The highest BCUT2D eigenvalue weighted by molar-refractivity contribution is 7.92. The summed E-state index contributed by atoms with van der Waals surface area (Å²) < 4.78 is 32.1. The summed E-state index contributed by atoms with van der Waals surface area (Å²) in [5, 5.41) is 0.290. The molecular formula is C15H13Cl2NO4S. The van der Waals surface area contributed by atoms with E-state index in [4.69, 9.17) is 27.9 Å². The molecule has 0 saturated heterocycles. The van der Waals surface area contributed by atoms with E-state index in [9.17, 15) is 13.2 Å². The second-order valence-corrected chi connectivity index (χ2v) is 6.98. The van der Waals surface area contributed by atoms with Crippen LogP contribution in [0.2, 0.25) is 10.0 Å². The number of hydrogen-bond acceptors (Lipinski definition) is 4. The van der Waals surface area contributed by atoms with Crippen molar-refractivity contribution >= 4 is 44.9 Å². The summed E-state index contributed by atoms with van der Waals surface area (Å²) in [7, 11) is -3.94. The summed E-state index contributed by atoms with van der Waals surface area (Å²) in [5.41, 5.74) is 0.454. The maximum absolute atomic E-state index is 12.4. The van der Waals surface area contributed by atoms with Crippen LogP contribution in [0, 0.1) is 0 Å². The van der Waals surface area contributed by atoms with E-state index in [0.717, 1.165) is 0 Å². The van der Waals surface area contributed by atoms with Crippen molar-refractivity contribution in [1.29, 1.82) is 0 Å². The topological polar surface area (TPSA) is 72.5 Å². The largest absolute Gasteiger partial charge is 0.462 e. The predicted molar refractivity (Wildman–Crippen MR) is 89.7 cm³/mol. The molecule has 2 aromatic carbocycles. The van der Waals surface area contributed by atoms with Crippen molar-refractivity contribution in [1.82, 2.24) is 0 Å². The monoisotopic (exact) mass is 373 g/mol. The second-order valence-electron chi connectivity index (χ2n) is 4.48. The van der Waals surface area contributed by atoms with Crippen LogP contribution < -0.4 is 4.72 Å². The van der Waals surface area contributed by atoms with E-state index < -0.39 is 16.0 Å². The van der Waals surface area contributed by atoms with Gasteiger partial charge < -0.3 is 4.74 Å². The zero-order chi connectivity index (χ0) is 17.0. The van der Waals surface area contributed by atoms with Crippen LogP contribution in [0.4, 0.5) is 5.69 Å². The first-order chi connectivity index (χ1) is 10.8. The lowest BCUT2D eigenvalue weighted by atomic mass is 10.2. The maximum Gasteiger partial charge on any atom is 0.338 e. The molecule has 0 aromatic heterocycles. The fraction of sp³-hybridized carbons (Fsp3) is 0.133. The van der Waals surface area contributed by atoms with E-state index in [-0.39, 0.29) is 32.8 Å². The van der Waals surface area contributed by atoms with Crippen LogP contribution in [0.3, 0.4) is 0 Å². The highest BCUT2D eigenvalue weighted by Crippen LogP contribution is 2.27. The molecule has 0 spiro atoms. The number of hydrogen-bond donors (Lipinski definition) is 1. The van der Waals surface area contributed by atoms with Crippen molar-refractivity contribution < 1.29 is 17.9 Å². The molecule has 122 valence electrons. The number of anilines is 1. The van der Waals surface area contributed by atoms with Gasteiger partial charge in [0.2, 0.25) is 0 Å². The highest BCUT2D eigenvalue weighted by Gasteiger charge is 2.19. The minimum absolute atomic E-state index is 0.0449. The zero-order valence-electron chi connectivity index (χ0n) is 12.0. The SMILES string of the molecule is CCOC(=O)c1cccc(NS(=O)(=O)c2cc(Cl)ccc2Cl)c1. The Morgan fingerprint density at radius 3 is 2.61 bits per heavy atom. The third kappa shape index (κ3) is 4.37. The maximum atomic E-state index is 12.4. The number of carbonyl (C=O) groups excluding carboxylic acids is 1. The van der Waals surface area contributed by atoms with Gasteiger partial charge in [-0.05, 0) is 43.3 Å². The van der Waals surface area contributed by atoms with Gasteiger partial charge in [-0.25, -0.2) is 13.2 Å². The van der Waals surface area contributed by atoms with Gasteiger partial charge in [0.05, 0.1) is 17.2 Å². The molecule has 0 radical (unpaired) electrons. The van der Waals surface area contributed by atoms with Gasteiger partial charge in [-0.15, -0.1) is 0 Å². The molecular weight excluding hydrogens is 361 g/mol. The minimum atomic E-state index is -3.94. The fourth-order valence-electron chi connectivity index (χ4n) is 1.82. The number of halogens is 2. The first-order valence-electron chi connectivity index (χ1n) is 6.58. The number of sulfonamides is 1. The van der Waals surface area contributed by atoms with Crippen LogP contribution >= 0.6 is 23.2 Å². The van der Waals surface area contributed by atoms with Gasteiger partial charge in [0.15, 0.2) is 0 Å². The van der Waals surface area contributed by atoms with E-state index in [1.807, 2.05) is 0 Å². The van der Waals surface area contributed by atoms with Gasteiger partial charge in [0, 0.05) is 10.7 Å². The molecule has 2 aromatic rings. The van der Waals surface area contributed by atoms with Crippen LogP contribution in [0.15, 0.2) is 47.4 Å². The number of esters is 1. The Hall–Kier alpha value is -1.76. The van der Waals surface area contributed by atoms with Gasteiger partial charge >= 0.3 is 5.97 Å². The molecule has 5 nitrogen and oxygen atoms in total. The van der Waals surface area contributed by atoms with Crippen molar-refractivity contribution in [2.75, 3.05) is 11.3 Å². The second kappa shape index (κ2) is 7.21. The minimum Gasteiger partial charge on any atom is -0.462 e. The van der Waals surface area contributed by atoms with Crippen LogP contribution in [0.1, 0.15) is 17.3 Å². The molecule has 0 fully saturated rings. The lowest BCUT2D eigenvalue weighted by molar-refractivity contribution is 0.0526. The number of carbonyl (C=O) groups is 1. The molecule has 0 heterocycles. The normalized spacial score (nSPS) is 11.1. The summed E-state index contributed by atoms with van der Waals surface area (Å²) in [5.74, 6) is -0.533. The Kier molecular flexibility index (Phi) is 5.51. The Bertz CT molecular complexity index is 837. The summed E-state index contributed by atoms with van der Waals surface area (Å²) in [4.78, 5) is 11.5. The number of ether oxygens (including phenoxy) is 1. The molecule has 0 aliphatic carbocycles. The van der Waals surface area contributed by atoms with Crippen LogP contribution in [-0.4, -0.2) is 21.0 Å². The molecule has 23 heavy (non-hydrogen) atoms. The fourth-order valence-corrected chi connectivity index (χ4v) is 3.63. The molecule has 8 heteroatoms. The lowest BCUT2D eigenvalue weighted by Gasteiger charge is -2.11. The van der Waals surface area contributed by atoms with Crippen molar-refractivity contribution in [2.45, 2.75) is 11.8 Å². The van der Waals surface area contributed by atoms with Crippen molar-refractivity contribution in [3.8, 4) is 0 Å².